The summed E-state index contributed by atoms with van der Waals surface area (Å²) in [5, 5.41) is 12.7. The summed E-state index contributed by atoms with van der Waals surface area (Å²) in [5.41, 5.74) is 6.52. The van der Waals surface area contributed by atoms with Gasteiger partial charge in [-0.05, 0) is 12.1 Å². The lowest BCUT2D eigenvalue weighted by Crippen LogP contribution is -2.18. The van der Waals surface area contributed by atoms with E-state index in [4.69, 9.17) is 50.5 Å². The van der Waals surface area contributed by atoms with Gasteiger partial charge < -0.3 is 15.7 Å². The quantitative estimate of drug-likeness (QED) is 0.291. The number of hydrogen-bond acceptors (Lipinski definition) is 4. The number of rotatable bonds is 4. The van der Waals surface area contributed by atoms with Crippen molar-refractivity contribution in [1.29, 1.82) is 0 Å². The molecule has 2 rings (SSSR count). The Bertz CT molecular complexity index is 692. The molecule has 1 aromatic heterocycles. The molecule has 1 heterocycles. The smallest absolute Gasteiger partial charge is 0.189 e. The topological polar surface area (TPSA) is 80.7 Å². The lowest BCUT2D eigenvalue weighted by Gasteiger charge is -2.11. The number of aromatic nitrogens is 1. The maximum Gasteiger partial charge on any atom is 0.189 e. The standard InChI is InChI=1S/C13H10Cl3N3O2/c14-8-4-10(16)11(5-9(8)15)21-6-7-2-1-3-18-12(7)13(17)19-20/h1-5,20H,6H2,(H2,17,19). The van der Waals surface area contributed by atoms with Crippen molar-refractivity contribution in [3.05, 3.63) is 56.8 Å². The van der Waals surface area contributed by atoms with Gasteiger partial charge >= 0.3 is 0 Å². The first-order valence-corrected chi connectivity index (χ1v) is 6.85. The summed E-state index contributed by atoms with van der Waals surface area (Å²) in [6, 6.07) is 6.47. The Balaban J connectivity index is 2.23. The predicted octanol–water partition coefficient (Wildman–Crippen LogP) is 3.72. The van der Waals surface area contributed by atoms with Gasteiger partial charge in [-0.15, -0.1) is 0 Å². The van der Waals surface area contributed by atoms with Crippen LogP contribution < -0.4 is 10.5 Å². The number of benzene rings is 1. The molecule has 0 fully saturated rings. The average Bonchev–Trinajstić information content (AvgIpc) is 2.49. The first kappa shape index (κ1) is 15.7. The maximum atomic E-state index is 8.74. The van der Waals surface area contributed by atoms with Crippen molar-refractivity contribution < 1.29 is 9.94 Å². The van der Waals surface area contributed by atoms with Gasteiger partial charge in [-0.3, -0.25) is 4.98 Å². The molecular weight excluding hydrogens is 337 g/mol. The van der Waals surface area contributed by atoms with Crippen LogP contribution in [0, 0.1) is 0 Å². The molecule has 110 valence electrons. The maximum absolute atomic E-state index is 8.74. The van der Waals surface area contributed by atoms with E-state index in [2.05, 4.69) is 10.1 Å². The Morgan fingerprint density at radius 2 is 1.95 bits per heavy atom. The van der Waals surface area contributed by atoms with Gasteiger partial charge in [-0.2, -0.15) is 0 Å². The first-order chi connectivity index (χ1) is 10.0. The SMILES string of the molecule is NC(=NO)c1ncccc1COc1cc(Cl)c(Cl)cc1Cl. The normalized spacial score (nSPS) is 11.5. The highest BCUT2D eigenvalue weighted by Gasteiger charge is 2.11. The monoisotopic (exact) mass is 345 g/mol. The highest BCUT2D eigenvalue weighted by Crippen LogP contribution is 2.34. The van der Waals surface area contributed by atoms with Gasteiger partial charge in [0, 0.05) is 17.8 Å². The van der Waals surface area contributed by atoms with E-state index in [1.807, 2.05) is 0 Å². The zero-order chi connectivity index (χ0) is 15.4. The van der Waals surface area contributed by atoms with Crippen LogP contribution in [-0.4, -0.2) is 16.0 Å². The van der Waals surface area contributed by atoms with Crippen LogP contribution in [0.5, 0.6) is 5.75 Å². The van der Waals surface area contributed by atoms with Crippen LogP contribution in [-0.2, 0) is 6.61 Å². The minimum absolute atomic E-state index is 0.102. The highest BCUT2D eigenvalue weighted by atomic mass is 35.5. The zero-order valence-corrected chi connectivity index (χ0v) is 12.8. The van der Waals surface area contributed by atoms with Gasteiger partial charge in [0.15, 0.2) is 5.84 Å². The Hall–Kier alpha value is -1.69. The molecule has 5 nitrogen and oxygen atoms in total. The van der Waals surface area contributed by atoms with Crippen LogP contribution in [0.4, 0.5) is 0 Å². The van der Waals surface area contributed by atoms with Crippen molar-refractivity contribution in [2.45, 2.75) is 6.61 Å². The molecule has 0 bridgehead atoms. The summed E-state index contributed by atoms with van der Waals surface area (Å²) in [6.45, 7) is 0.122. The third-order valence-electron chi connectivity index (χ3n) is 2.60. The van der Waals surface area contributed by atoms with Gasteiger partial charge in [0.05, 0.1) is 15.1 Å². The van der Waals surface area contributed by atoms with Crippen molar-refractivity contribution in [1.82, 2.24) is 4.98 Å². The highest BCUT2D eigenvalue weighted by molar-refractivity contribution is 6.43. The molecule has 2 aromatic rings. The van der Waals surface area contributed by atoms with Crippen LogP contribution in [0.3, 0.4) is 0 Å². The van der Waals surface area contributed by atoms with Gasteiger partial charge in [-0.25, -0.2) is 0 Å². The summed E-state index contributed by atoms with van der Waals surface area (Å²) < 4.78 is 5.59. The molecule has 0 saturated heterocycles. The Morgan fingerprint density at radius 1 is 1.24 bits per heavy atom. The van der Waals surface area contributed by atoms with E-state index in [0.717, 1.165) is 0 Å². The number of amidine groups is 1. The van der Waals surface area contributed by atoms with E-state index in [1.165, 1.54) is 18.3 Å². The third kappa shape index (κ3) is 3.69. The minimum atomic E-state index is -0.102. The number of oxime groups is 1. The molecule has 0 aliphatic rings. The fourth-order valence-corrected chi connectivity index (χ4v) is 2.19. The zero-order valence-electron chi connectivity index (χ0n) is 10.6. The third-order valence-corrected chi connectivity index (χ3v) is 3.62. The van der Waals surface area contributed by atoms with Crippen molar-refractivity contribution >= 4 is 40.6 Å². The minimum Gasteiger partial charge on any atom is -0.487 e. The van der Waals surface area contributed by atoms with Crippen molar-refractivity contribution in [2.24, 2.45) is 10.9 Å². The van der Waals surface area contributed by atoms with E-state index in [9.17, 15) is 0 Å². The second kappa shape index (κ2) is 6.85. The van der Waals surface area contributed by atoms with Crippen LogP contribution in [0.15, 0.2) is 35.6 Å². The van der Waals surface area contributed by atoms with Crippen LogP contribution in [0.25, 0.3) is 0 Å². The van der Waals surface area contributed by atoms with E-state index < -0.39 is 0 Å². The summed E-state index contributed by atoms with van der Waals surface area (Å²) in [5.74, 6) is 0.273. The molecule has 0 aliphatic heterocycles. The summed E-state index contributed by atoms with van der Waals surface area (Å²) >= 11 is 17.8. The largest absolute Gasteiger partial charge is 0.487 e. The molecule has 0 amide bonds. The number of ether oxygens (including phenoxy) is 1. The van der Waals surface area contributed by atoms with Gasteiger partial charge in [0.25, 0.3) is 0 Å². The number of pyridine rings is 1. The van der Waals surface area contributed by atoms with Crippen molar-refractivity contribution in [3.8, 4) is 5.75 Å². The van der Waals surface area contributed by atoms with Crippen molar-refractivity contribution in [3.63, 3.8) is 0 Å². The fraction of sp³-hybridized carbons (Fsp3) is 0.0769. The first-order valence-electron chi connectivity index (χ1n) is 5.72. The average molecular weight is 347 g/mol. The molecular formula is C13H10Cl3N3O2. The van der Waals surface area contributed by atoms with Gasteiger partial charge in [0.2, 0.25) is 0 Å². The van der Waals surface area contributed by atoms with E-state index in [1.54, 1.807) is 12.1 Å². The van der Waals surface area contributed by atoms with Gasteiger partial charge in [-0.1, -0.05) is 46.0 Å². The van der Waals surface area contributed by atoms with Gasteiger partial charge in [0.1, 0.15) is 18.1 Å². The summed E-state index contributed by atoms with van der Waals surface area (Å²) in [6.07, 6.45) is 1.53. The summed E-state index contributed by atoms with van der Waals surface area (Å²) in [7, 11) is 0. The van der Waals surface area contributed by atoms with Crippen LogP contribution in [0.1, 0.15) is 11.3 Å². The molecule has 0 unspecified atom stereocenters. The second-order valence-corrected chi connectivity index (χ2v) is 5.20. The molecule has 3 N–H and O–H groups in total. The molecule has 1 aromatic carbocycles. The number of nitrogens with zero attached hydrogens (tertiary/aromatic N) is 2. The Morgan fingerprint density at radius 3 is 2.67 bits per heavy atom. The molecule has 0 saturated carbocycles. The Kier molecular flexibility index (Phi) is 5.12. The molecule has 0 atom stereocenters. The van der Waals surface area contributed by atoms with Crippen molar-refractivity contribution in [2.75, 3.05) is 0 Å². The lowest BCUT2D eigenvalue weighted by molar-refractivity contribution is 0.304. The molecule has 8 heteroatoms. The molecule has 0 aliphatic carbocycles. The summed E-state index contributed by atoms with van der Waals surface area (Å²) in [4.78, 5) is 4.04. The molecule has 21 heavy (non-hydrogen) atoms. The molecule has 0 spiro atoms. The fourth-order valence-electron chi connectivity index (χ4n) is 1.60. The van der Waals surface area contributed by atoms with Crippen LogP contribution >= 0.6 is 34.8 Å². The second-order valence-electron chi connectivity index (χ2n) is 3.98. The molecule has 0 radical (unpaired) electrons. The number of nitrogens with two attached hydrogens (primary N) is 1. The van der Waals surface area contributed by atoms with E-state index >= 15 is 0 Å². The van der Waals surface area contributed by atoms with E-state index in [0.29, 0.717) is 32.1 Å². The Labute approximate surface area is 135 Å². The van der Waals surface area contributed by atoms with Crippen LogP contribution in [0.2, 0.25) is 15.1 Å². The number of halogens is 3. The predicted molar refractivity (Wildman–Crippen MR) is 82.6 cm³/mol. The van der Waals surface area contributed by atoms with E-state index in [-0.39, 0.29) is 12.4 Å². The lowest BCUT2D eigenvalue weighted by atomic mass is 10.2. The number of hydrogen-bond donors (Lipinski definition) is 2.